The zero-order valence-electron chi connectivity index (χ0n) is 12.7. The van der Waals surface area contributed by atoms with Gasteiger partial charge in [0.05, 0.1) is 0 Å². The number of nitrogens with zero attached hydrogens (tertiary/aromatic N) is 2. The Labute approximate surface area is 122 Å². The third-order valence-electron chi connectivity index (χ3n) is 4.61. The highest BCUT2D eigenvalue weighted by Gasteiger charge is 2.25. The summed E-state index contributed by atoms with van der Waals surface area (Å²) in [5.74, 6) is 0.997. The Kier molecular flexibility index (Phi) is 6.10. The van der Waals surface area contributed by atoms with Crippen LogP contribution in [0, 0.1) is 11.8 Å². The molecular formula is C15H29N3O2. The highest BCUT2D eigenvalue weighted by Crippen LogP contribution is 2.17. The minimum atomic E-state index is 0.0790. The van der Waals surface area contributed by atoms with Crippen LogP contribution in [0.4, 0.5) is 4.79 Å². The minimum Gasteiger partial charge on any atom is -0.396 e. The van der Waals surface area contributed by atoms with Crippen molar-refractivity contribution in [2.45, 2.75) is 32.6 Å². The Bertz CT molecular complexity index is 303. The predicted molar refractivity (Wildman–Crippen MR) is 79.6 cm³/mol. The molecule has 0 bridgehead atoms. The van der Waals surface area contributed by atoms with Crippen LogP contribution in [0.3, 0.4) is 0 Å². The third kappa shape index (κ3) is 4.35. The Hall–Kier alpha value is -0.810. The first-order valence-corrected chi connectivity index (χ1v) is 8.09. The molecule has 1 atom stereocenters. The summed E-state index contributed by atoms with van der Waals surface area (Å²) >= 11 is 0. The quantitative estimate of drug-likeness (QED) is 0.795. The second kappa shape index (κ2) is 7.84. The lowest BCUT2D eigenvalue weighted by atomic mass is 9.98. The summed E-state index contributed by atoms with van der Waals surface area (Å²) in [7, 11) is 0. The summed E-state index contributed by atoms with van der Waals surface area (Å²) in [6.45, 7) is 8.32. The molecule has 5 heteroatoms. The number of urea groups is 1. The van der Waals surface area contributed by atoms with Gasteiger partial charge in [0.15, 0.2) is 0 Å². The van der Waals surface area contributed by atoms with Crippen molar-refractivity contribution < 1.29 is 9.90 Å². The standard InChI is InChI=1S/C15H29N3O2/c1-2-6-17-7-3-14(11-17)10-16-15(20)18-8-4-13(12-19)5-9-18/h13-14,19H,2-12H2,1H3,(H,16,20). The molecule has 2 saturated heterocycles. The lowest BCUT2D eigenvalue weighted by Crippen LogP contribution is -2.46. The number of aliphatic hydroxyl groups is 1. The lowest BCUT2D eigenvalue weighted by molar-refractivity contribution is 0.136. The van der Waals surface area contributed by atoms with Gasteiger partial charge in [-0.1, -0.05) is 6.92 Å². The molecule has 2 rings (SSSR count). The number of likely N-dealkylation sites (tertiary alicyclic amines) is 2. The average molecular weight is 283 g/mol. The van der Waals surface area contributed by atoms with Crippen LogP contribution in [-0.4, -0.2) is 66.8 Å². The first kappa shape index (κ1) is 15.6. The van der Waals surface area contributed by atoms with E-state index in [9.17, 15) is 4.79 Å². The second-order valence-electron chi connectivity index (χ2n) is 6.25. The van der Waals surface area contributed by atoms with Crippen LogP contribution in [0.2, 0.25) is 0 Å². The number of aliphatic hydroxyl groups excluding tert-OH is 1. The third-order valence-corrected chi connectivity index (χ3v) is 4.61. The van der Waals surface area contributed by atoms with E-state index in [4.69, 9.17) is 5.11 Å². The summed E-state index contributed by atoms with van der Waals surface area (Å²) in [6.07, 6.45) is 4.26. The smallest absolute Gasteiger partial charge is 0.317 e. The molecule has 116 valence electrons. The van der Waals surface area contributed by atoms with Crippen LogP contribution in [0.15, 0.2) is 0 Å². The van der Waals surface area contributed by atoms with Gasteiger partial charge in [-0.2, -0.15) is 0 Å². The average Bonchev–Trinajstić information content (AvgIpc) is 2.93. The molecule has 20 heavy (non-hydrogen) atoms. The fourth-order valence-electron chi connectivity index (χ4n) is 3.26. The molecular weight excluding hydrogens is 254 g/mol. The molecule has 2 amide bonds. The van der Waals surface area contributed by atoms with E-state index in [0.29, 0.717) is 11.8 Å². The van der Waals surface area contributed by atoms with Gasteiger partial charge in [-0.15, -0.1) is 0 Å². The fourth-order valence-corrected chi connectivity index (χ4v) is 3.26. The van der Waals surface area contributed by atoms with Gasteiger partial charge in [0.1, 0.15) is 0 Å². The molecule has 0 spiro atoms. The van der Waals surface area contributed by atoms with Crippen molar-refractivity contribution in [1.82, 2.24) is 15.1 Å². The van der Waals surface area contributed by atoms with Crippen LogP contribution in [-0.2, 0) is 0 Å². The number of rotatable bonds is 5. The van der Waals surface area contributed by atoms with Crippen LogP contribution >= 0.6 is 0 Å². The van der Waals surface area contributed by atoms with Gasteiger partial charge in [-0.3, -0.25) is 0 Å². The molecule has 2 fully saturated rings. The monoisotopic (exact) mass is 283 g/mol. The number of hydrogen-bond acceptors (Lipinski definition) is 3. The Morgan fingerprint density at radius 2 is 1.90 bits per heavy atom. The topological polar surface area (TPSA) is 55.8 Å². The van der Waals surface area contributed by atoms with E-state index in [1.54, 1.807) is 0 Å². The van der Waals surface area contributed by atoms with Crippen molar-refractivity contribution in [3.05, 3.63) is 0 Å². The zero-order valence-corrected chi connectivity index (χ0v) is 12.7. The molecule has 2 N–H and O–H groups in total. The Morgan fingerprint density at radius 1 is 1.20 bits per heavy atom. The van der Waals surface area contributed by atoms with Gasteiger partial charge in [0.2, 0.25) is 0 Å². The SMILES string of the molecule is CCCN1CCC(CNC(=O)N2CCC(CO)CC2)C1. The minimum absolute atomic E-state index is 0.0790. The highest BCUT2D eigenvalue weighted by molar-refractivity contribution is 5.74. The molecule has 2 aliphatic heterocycles. The van der Waals surface area contributed by atoms with E-state index in [1.807, 2.05) is 4.90 Å². The van der Waals surface area contributed by atoms with Gasteiger partial charge < -0.3 is 20.2 Å². The highest BCUT2D eigenvalue weighted by atomic mass is 16.3. The molecule has 0 aromatic heterocycles. The van der Waals surface area contributed by atoms with Crippen molar-refractivity contribution in [3.63, 3.8) is 0 Å². The molecule has 0 aromatic carbocycles. The van der Waals surface area contributed by atoms with Gasteiger partial charge in [0, 0.05) is 32.8 Å². The molecule has 0 saturated carbocycles. The molecule has 0 radical (unpaired) electrons. The van der Waals surface area contributed by atoms with E-state index in [-0.39, 0.29) is 12.6 Å². The van der Waals surface area contributed by atoms with Crippen LogP contribution in [0.1, 0.15) is 32.6 Å². The number of carbonyl (C=O) groups excluding carboxylic acids is 1. The van der Waals surface area contributed by atoms with E-state index >= 15 is 0 Å². The second-order valence-corrected chi connectivity index (χ2v) is 6.25. The van der Waals surface area contributed by atoms with Crippen molar-refractivity contribution in [1.29, 1.82) is 0 Å². The maximum atomic E-state index is 12.1. The fraction of sp³-hybridized carbons (Fsp3) is 0.933. The van der Waals surface area contributed by atoms with E-state index in [2.05, 4.69) is 17.1 Å². The normalized spacial score (nSPS) is 25.1. The number of amides is 2. The van der Waals surface area contributed by atoms with E-state index < -0.39 is 0 Å². The van der Waals surface area contributed by atoms with Crippen molar-refractivity contribution >= 4 is 6.03 Å². The molecule has 2 aliphatic rings. The molecule has 0 aliphatic carbocycles. The van der Waals surface area contributed by atoms with Gasteiger partial charge >= 0.3 is 6.03 Å². The molecule has 0 aromatic rings. The summed E-state index contributed by atoms with van der Waals surface area (Å²) in [4.78, 5) is 16.5. The summed E-state index contributed by atoms with van der Waals surface area (Å²) in [6, 6.07) is 0.0790. The van der Waals surface area contributed by atoms with E-state index in [1.165, 1.54) is 25.9 Å². The molecule has 5 nitrogen and oxygen atoms in total. The lowest BCUT2D eigenvalue weighted by Gasteiger charge is -2.31. The van der Waals surface area contributed by atoms with Crippen molar-refractivity contribution in [3.8, 4) is 0 Å². The molecule has 1 unspecified atom stereocenters. The summed E-state index contributed by atoms with van der Waals surface area (Å²) in [5, 5.41) is 12.2. The zero-order chi connectivity index (χ0) is 14.4. The Balaban J connectivity index is 1.63. The first-order valence-electron chi connectivity index (χ1n) is 8.09. The number of carbonyl (C=O) groups is 1. The predicted octanol–water partition coefficient (Wildman–Crippen LogP) is 1.13. The van der Waals surface area contributed by atoms with Crippen molar-refractivity contribution in [2.24, 2.45) is 11.8 Å². The van der Waals surface area contributed by atoms with Crippen molar-refractivity contribution in [2.75, 3.05) is 45.9 Å². The van der Waals surface area contributed by atoms with Crippen LogP contribution < -0.4 is 5.32 Å². The van der Waals surface area contributed by atoms with Gasteiger partial charge in [0.25, 0.3) is 0 Å². The maximum absolute atomic E-state index is 12.1. The first-order chi connectivity index (χ1) is 9.72. The number of hydrogen-bond donors (Lipinski definition) is 2. The van der Waals surface area contributed by atoms with Gasteiger partial charge in [-0.25, -0.2) is 4.79 Å². The number of piperidine rings is 1. The van der Waals surface area contributed by atoms with Crippen LogP contribution in [0.5, 0.6) is 0 Å². The maximum Gasteiger partial charge on any atom is 0.317 e. The molecule has 2 heterocycles. The largest absolute Gasteiger partial charge is 0.396 e. The summed E-state index contributed by atoms with van der Waals surface area (Å²) < 4.78 is 0. The van der Waals surface area contributed by atoms with E-state index in [0.717, 1.165) is 39.0 Å². The van der Waals surface area contributed by atoms with Crippen LogP contribution in [0.25, 0.3) is 0 Å². The van der Waals surface area contributed by atoms with Gasteiger partial charge in [-0.05, 0) is 50.6 Å². The summed E-state index contributed by atoms with van der Waals surface area (Å²) in [5.41, 5.74) is 0. The Morgan fingerprint density at radius 3 is 2.55 bits per heavy atom. The number of nitrogens with one attached hydrogen (secondary N) is 1.